The second-order valence-corrected chi connectivity index (χ2v) is 1.89. The SMILES string of the molecule is CC(CC(N)=O)C(=O)[O-]. The zero-order valence-corrected chi connectivity index (χ0v) is 5.09. The maximum Gasteiger partial charge on any atom is 0.218 e. The lowest BCUT2D eigenvalue weighted by Crippen LogP contribution is -2.32. The van der Waals surface area contributed by atoms with Crippen LogP contribution in [0.4, 0.5) is 0 Å². The first kappa shape index (κ1) is 7.94. The van der Waals surface area contributed by atoms with E-state index in [1.54, 1.807) is 0 Å². The van der Waals surface area contributed by atoms with Gasteiger partial charge in [0, 0.05) is 18.3 Å². The fourth-order valence-electron chi connectivity index (χ4n) is 0.385. The number of nitrogens with two attached hydrogens (primary N) is 1. The zero-order valence-electron chi connectivity index (χ0n) is 5.09. The minimum absolute atomic E-state index is 0.150. The summed E-state index contributed by atoms with van der Waals surface area (Å²) >= 11 is 0. The molecule has 0 aromatic heterocycles. The van der Waals surface area contributed by atoms with E-state index in [0.717, 1.165) is 0 Å². The van der Waals surface area contributed by atoms with Gasteiger partial charge < -0.3 is 15.6 Å². The van der Waals surface area contributed by atoms with Gasteiger partial charge in [0.25, 0.3) is 0 Å². The van der Waals surface area contributed by atoms with Crippen molar-refractivity contribution in [1.82, 2.24) is 0 Å². The van der Waals surface area contributed by atoms with Crippen molar-refractivity contribution >= 4 is 11.9 Å². The molecule has 1 amide bonds. The van der Waals surface area contributed by atoms with E-state index in [-0.39, 0.29) is 6.42 Å². The Morgan fingerprint density at radius 3 is 2.22 bits per heavy atom. The van der Waals surface area contributed by atoms with Crippen LogP contribution in [0.2, 0.25) is 0 Å². The van der Waals surface area contributed by atoms with Gasteiger partial charge in [0.2, 0.25) is 5.91 Å². The van der Waals surface area contributed by atoms with Crippen LogP contribution in [0.3, 0.4) is 0 Å². The minimum Gasteiger partial charge on any atom is -0.550 e. The predicted octanol–water partition coefficient (Wildman–Crippen LogP) is -1.75. The molecule has 0 aromatic carbocycles. The molecule has 2 N–H and O–H groups in total. The normalized spacial score (nSPS) is 12.6. The fourth-order valence-corrected chi connectivity index (χ4v) is 0.385. The van der Waals surface area contributed by atoms with E-state index in [1.807, 2.05) is 0 Å². The Morgan fingerprint density at radius 2 is 2.11 bits per heavy atom. The average molecular weight is 130 g/mol. The van der Waals surface area contributed by atoms with Crippen LogP contribution >= 0.6 is 0 Å². The molecule has 0 aliphatic heterocycles. The molecule has 0 saturated heterocycles. The van der Waals surface area contributed by atoms with Crippen molar-refractivity contribution in [3.8, 4) is 0 Å². The third-order valence-corrected chi connectivity index (χ3v) is 0.910. The van der Waals surface area contributed by atoms with Crippen LogP contribution in [0, 0.1) is 5.92 Å². The molecular formula is C5H8NO3-. The van der Waals surface area contributed by atoms with Crippen LogP contribution in [-0.4, -0.2) is 11.9 Å². The first-order valence-corrected chi connectivity index (χ1v) is 2.53. The molecule has 0 heterocycles. The van der Waals surface area contributed by atoms with E-state index in [1.165, 1.54) is 6.92 Å². The summed E-state index contributed by atoms with van der Waals surface area (Å²) in [5.41, 5.74) is 4.70. The summed E-state index contributed by atoms with van der Waals surface area (Å²) < 4.78 is 0. The van der Waals surface area contributed by atoms with E-state index in [0.29, 0.717) is 0 Å². The smallest absolute Gasteiger partial charge is 0.218 e. The van der Waals surface area contributed by atoms with Crippen molar-refractivity contribution < 1.29 is 14.7 Å². The lowest BCUT2D eigenvalue weighted by Gasteiger charge is -2.08. The molecule has 0 bridgehead atoms. The number of hydrogen-bond donors (Lipinski definition) is 1. The summed E-state index contributed by atoms with van der Waals surface area (Å²) in [5.74, 6) is -2.64. The number of carbonyl (C=O) groups excluding carboxylic acids is 2. The van der Waals surface area contributed by atoms with E-state index in [4.69, 9.17) is 5.73 Å². The molecule has 52 valence electrons. The molecule has 0 aliphatic carbocycles. The maximum absolute atomic E-state index is 10.0. The van der Waals surface area contributed by atoms with E-state index < -0.39 is 17.8 Å². The van der Waals surface area contributed by atoms with Crippen molar-refractivity contribution in [2.45, 2.75) is 13.3 Å². The van der Waals surface area contributed by atoms with Gasteiger partial charge in [0.05, 0.1) is 0 Å². The first-order chi connectivity index (χ1) is 4.04. The highest BCUT2D eigenvalue weighted by Crippen LogP contribution is 1.96. The van der Waals surface area contributed by atoms with Gasteiger partial charge in [0.15, 0.2) is 0 Å². The Kier molecular flexibility index (Phi) is 2.70. The van der Waals surface area contributed by atoms with Gasteiger partial charge in [-0.15, -0.1) is 0 Å². The molecular weight excluding hydrogens is 122 g/mol. The summed E-state index contributed by atoms with van der Waals surface area (Å²) in [4.78, 5) is 20.0. The van der Waals surface area contributed by atoms with Gasteiger partial charge in [-0.2, -0.15) is 0 Å². The molecule has 1 atom stereocenters. The van der Waals surface area contributed by atoms with E-state index in [9.17, 15) is 14.7 Å². The number of hydrogen-bond acceptors (Lipinski definition) is 3. The van der Waals surface area contributed by atoms with Crippen molar-refractivity contribution in [2.24, 2.45) is 11.7 Å². The van der Waals surface area contributed by atoms with Crippen LogP contribution in [0.5, 0.6) is 0 Å². The molecule has 1 unspecified atom stereocenters. The molecule has 0 radical (unpaired) electrons. The van der Waals surface area contributed by atoms with E-state index in [2.05, 4.69) is 0 Å². The Labute approximate surface area is 52.7 Å². The number of aliphatic carboxylic acids is 1. The summed E-state index contributed by atoms with van der Waals surface area (Å²) in [7, 11) is 0. The van der Waals surface area contributed by atoms with Crippen LogP contribution in [0.25, 0.3) is 0 Å². The van der Waals surface area contributed by atoms with Gasteiger partial charge in [-0.1, -0.05) is 6.92 Å². The molecule has 4 heteroatoms. The topological polar surface area (TPSA) is 83.2 Å². The number of amides is 1. The number of rotatable bonds is 3. The predicted molar refractivity (Wildman–Crippen MR) is 28.0 cm³/mol. The van der Waals surface area contributed by atoms with Crippen molar-refractivity contribution in [1.29, 1.82) is 0 Å². The van der Waals surface area contributed by atoms with Gasteiger partial charge in [-0.25, -0.2) is 0 Å². The molecule has 0 rings (SSSR count). The summed E-state index contributed by atoms with van der Waals surface area (Å²) in [6.45, 7) is 1.38. The Balaban J connectivity index is 3.63. The first-order valence-electron chi connectivity index (χ1n) is 2.53. The van der Waals surface area contributed by atoms with Crippen molar-refractivity contribution in [2.75, 3.05) is 0 Å². The van der Waals surface area contributed by atoms with Crippen molar-refractivity contribution in [3.05, 3.63) is 0 Å². The monoisotopic (exact) mass is 130 g/mol. The zero-order chi connectivity index (χ0) is 7.44. The molecule has 0 fully saturated rings. The molecule has 0 aromatic rings. The number of carbonyl (C=O) groups is 2. The highest BCUT2D eigenvalue weighted by molar-refractivity contribution is 5.79. The molecule has 4 nitrogen and oxygen atoms in total. The minimum atomic E-state index is -1.24. The van der Waals surface area contributed by atoms with Crippen molar-refractivity contribution in [3.63, 3.8) is 0 Å². The Morgan fingerprint density at radius 1 is 1.67 bits per heavy atom. The third kappa shape index (κ3) is 3.52. The lowest BCUT2D eigenvalue weighted by atomic mass is 10.1. The second kappa shape index (κ2) is 3.06. The van der Waals surface area contributed by atoms with Gasteiger partial charge in [0.1, 0.15) is 0 Å². The van der Waals surface area contributed by atoms with Gasteiger partial charge in [-0.05, 0) is 0 Å². The van der Waals surface area contributed by atoms with E-state index >= 15 is 0 Å². The highest BCUT2D eigenvalue weighted by atomic mass is 16.4. The third-order valence-electron chi connectivity index (χ3n) is 0.910. The summed E-state index contributed by atoms with van der Waals surface area (Å²) in [6, 6.07) is 0. The van der Waals surface area contributed by atoms with Crippen LogP contribution in [0.1, 0.15) is 13.3 Å². The van der Waals surface area contributed by atoms with Crippen LogP contribution < -0.4 is 10.8 Å². The quantitative estimate of drug-likeness (QED) is 0.491. The maximum atomic E-state index is 10.0. The summed E-state index contributed by atoms with van der Waals surface area (Å²) in [5, 5.41) is 9.92. The number of primary amides is 1. The average Bonchev–Trinajstić information content (AvgIpc) is 1.63. The molecule has 0 saturated carbocycles. The molecule has 0 spiro atoms. The lowest BCUT2D eigenvalue weighted by molar-refractivity contribution is -0.311. The summed E-state index contributed by atoms with van der Waals surface area (Å²) in [6.07, 6.45) is -0.150. The second-order valence-electron chi connectivity index (χ2n) is 1.89. The van der Waals surface area contributed by atoms with Gasteiger partial charge >= 0.3 is 0 Å². The molecule has 0 aliphatic rings. The largest absolute Gasteiger partial charge is 0.550 e. The highest BCUT2D eigenvalue weighted by Gasteiger charge is 2.05. The number of carboxylic acid groups (broad SMARTS) is 1. The number of carboxylic acids is 1. The standard InChI is InChI=1S/C5H9NO3/c1-3(5(8)9)2-4(6)7/h3H,2H2,1H3,(H2,6,7)(H,8,9)/p-1. The Bertz CT molecular complexity index is 132. The van der Waals surface area contributed by atoms with Gasteiger partial charge in [-0.3, -0.25) is 4.79 Å². The molecule has 9 heavy (non-hydrogen) atoms. The Hall–Kier alpha value is -1.06. The van der Waals surface area contributed by atoms with Crippen LogP contribution in [0.15, 0.2) is 0 Å². The van der Waals surface area contributed by atoms with Crippen LogP contribution in [-0.2, 0) is 9.59 Å². The fraction of sp³-hybridized carbons (Fsp3) is 0.600.